The summed E-state index contributed by atoms with van der Waals surface area (Å²) in [6.45, 7) is 4.64. The van der Waals surface area contributed by atoms with Gasteiger partial charge >= 0.3 is 12.0 Å². The van der Waals surface area contributed by atoms with Crippen LogP contribution in [0.5, 0.6) is 0 Å². The standard InChI is InChI=1S/C14H16N2O3/c1-3-7-15(2)14(19)16-8-6-10-4-5-11(13(17)18)9-12(10)16/h3-5,9H,1,6-8H2,2H3,(H,17,18). The fourth-order valence-corrected chi connectivity index (χ4v) is 2.19. The SMILES string of the molecule is C=CCN(C)C(=O)N1CCc2ccc(C(=O)O)cc21. The number of carboxylic acids is 1. The second-order valence-electron chi connectivity index (χ2n) is 4.50. The molecule has 0 bridgehead atoms. The van der Waals surface area contributed by atoms with Gasteiger partial charge in [-0.25, -0.2) is 9.59 Å². The molecule has 0 saturated carbocycles. The monoisotopic (exact) mass is 260 g/mol. The van der Waals surface area contributed by atoms with Crippen LogP contribution in [0.2, 0.25) is 0 Å². The van der Waals surface area contributed by atoms with E-state index in [2.05, 4.69) is 6.58 Å². The van der Waals surface area contributed by atoms with Crippen molar-refractivity contribution in [2.24, 2.45) is 0 Å². The van der Waals surface area contributed by atoms with Crippen molar-refractivity contribution in [3.8, 4) is 0 Å². The van der Waals surface area contributed by atoms with Crippen LogP contribution in [0.15, 0.2) is 30.9 Å². The summed E-state index contributed by atoms with van der Waals surface area (Å²) in [6.07, 6.45) is 2.41. The van der Waals surface area contributed by atoms with Crippen molar-refractivity contribution in [1.29, 1.82) is 0 Å². The van der Waals surface area contributed by atoms with Gasteiger partial charge in [0.05, 0.1) is 5.56 Å². The van der Waals surface area contributed by atoms with Gasteiger partial charge in [-0.1, -0.05) is 12.1 Å². The number of urea groups is 1. The molecule has 1 heterocycles. The first-order chi connectivity index (χ1) is 9.04. The number of carboxylic acid groups (broad SMARTS) is 1. The minimum absolute atomic E-state index is 0.138. The highest BCUT2D eigenvalue weighted by atomic mass is 16.4. The zero-order valence-electron chi connectivity index (χ0n) is 10.8. The Labute approximate surface area is 111 Å². The number of aromatic carboxylic acids is 1. The van der Waals surface area contributed by atoms with E-state index in [0.717, 1.165) is 12.0 Å². The summed E-state index contributed by atoms with van der Waals surface area (Å²) >= 11 is 0. The van der Waals surface area contributed by atoms with Crippen LogP contribution < -0.4 is 4.90 Å². The lowest BCUT2D eigenvalue weighted by atomic mass is 10.1. The molecule has 1 aromatic carbocycles. The number of likely N-dealkylation sites (N-methyl/N-ethyl adjacent to an activating group) is 1. The van der Waals surface area contributed by atoms with Crippen molar-refractivity contribution < 1.29 is 14.7 Å². The van der Waals surface area contributed by atoms with E-state index < -0.39 is 5.97 Å². The van der Waals surface area contributed by atoms with Crippen LogP contribution in [-0.4, -0.2) is 42.1 Å². The molecule has 0 unspecified atom stereocenters. The lowest BCUT2D eigenvalue weighted by Gasteiger charge is -2.24. The molecule has 0 radical (unpaired) electrons. The molecule has 0 aliphatic carbocycles. The maximum Gasteiger partial charge on any atom is 0.335 e. The number of benzene rings is 1. The van der Waals surface area contributed by atoms with Crippen molar-refractivity contribution in [3.63, 3.8) is 0 Å². The number of amides is 2. The lowest BCUT2D eigenvalue weighted by Crippen LogP contribution is -2.40. The Bertz CT molecular complexity index is 539. The summed E-state index contributed by atoms with van der Waals surface area (Å²) in [5.41, 5.74) is 1.90. The number of nitrogens with zero attached hydrogens (tertiary/aromatic N) is 2. The minimum Gasteiger partial charge on any atom is -0.478 e. The maximum atomic E-state index is 12.2. The number of carbonyl (C=O) groups excluding carboxylic acids is 1. The van der Waals surface area contributed by atoms with E-state index >= 15 is 0 Å². The number of anilines is 1. The van der Waals surface area contributed by atoms with Crippen LogP contribution >= 0.6 is 0 Å². The summed E-state index contributed by atoms with van der Waals surface area (Å²) in [5, 5.41) is 9.01. The number of hydrogen-bond acceptors (Lipinski definition) is 2. The number of carbonyl (C=O) groups is 2. The molecule has 1 aliphatic heterocycles. The first-order valence-corrected chi connectivity index (χ1v) is 6.04. The average molecular weight is 260 g/mol. The zero-order chi connectivity index (χ0) is 14.0. The van der Waals surface area contributed by atoms with Gasteiger partial charge in [-0.15, -0.1) is 6.58 Å². The van der Waals surface area contributed by atoms with Crippen molar-refractivity contribution in [2.75, 3.05) is 25.0 Å². The molecule has 0 atom stereocenters. The van der Waals surface area contributed by atoms with Crippen molar-refractivity contribution in [1.82, 2.24) is 4.90 Å². The number of fused-ring (bicyclic) bond motifs is 1. The molecule has 2 amide bonds. The third-order valence-electron chi connectivity index (χ3n) is 3.19. The molecule has 2 rings (SSSR count). The molecular formula is C14H16N2O3. The molecule has 1 N–H and O–H groups in total. The molecule has 0 spiro atoms. The quantitative estimate of drug-likeness (QED) is 0.845. The Morgan fingerprint density at radius 1 is 1.53 bits per heavy atom. The van der Waals surface area contributed by atoms with E-state index in [1.165, 1.54) is 0 Å². The highest BCUT2D eigenvalue weighted by Gasteiger charge is 2.27. The van der Waals surface area contributed by atoms with E-state index in [0.29, 0.717) is 18.8 Å². The van der Waals surface area contributed by atoms with Crippen LogP contribution in [0.1, 0.15) is 15.9 Å². The van der Waals surface area contributed by atoms with Gasteiger partial charge in [0.1, 0.15) is 0 Å². The molecule has 5 nitrogen and oxygen atoms in total. The Kier molecular flexibility index (Phi) is 3.55. The summed E-state index contributed by atoms with van der Waals surface area (Å²) < 4.78 is 0. The average Bonchev–Trinajstić information content (AvgIpc) is 2.80. The molecule has 0 aromatic heterocycles. The van der Waals surface area contributed by atoms with Gasteiger partial charge in [0.15, 0.2) is 0 Å². The van der Waals surface area contributed by atoms with Crippen molar-refractivity contribution in [2.45, 2.75) is 6.42 Å². The van der Waals surface area contributed by atoms with Gasteiger partial charge in [0, 0.05) is 25.8 Å². The van der Waals surface area contributed by atoms with Gasteiger partial charge in [-0.05, 0) is 24.1 Å². The Morgan fingerprint density at radius 2 is 2.26 bits per heavy atom. The van der Waals surface area contributed by atoms with E-state index in [-0.39, 0.29) is 11.6 Å². The third-order valence-corrected chi connectivity index (χ3v) is 3.19. The molecule has 19 heavy (non-hydrogen) atoms. The summed E-state index contributed by atoms with van der Waals surface area (Å²) in [5.74, 6) is -0.985. The van der Waals surface area contributed by atoms with E-state index in [4.69, 9.17) is 5.11 Å². The highest BCUT2D eigenvalue weighted by molar-refractivity contribution is 5.96. The molecule has 100 valence electrons. The molecule has 5 heteroatoms. The van der Waals surface area contributed by atoms with Gasteiger partial charge in [0.25, 0.3) is 0 Å². The van der Waals surface area contributed by atoms with Gasteiger partial charge in [-0.3, -0.25) is 4.90 Å². The van der Waals surface area contributed by atoms with Crippen LogP contribution in [0, 0.1) is 0 Å². The smallest absolute Gasteiger partial charge is 0.335 e. The minimum atomic E-state index is -0.985. The van der Waals surface area contributed by atoms with Crippen molar-refractivity contribution in [3.05, 3.63) is 42.0 Å². The first kappa shape index (κ1) is 13.1. The predicted octanol–water partition coefficient (Wildman–Crippen LogP) is 1.99. The Balaban J connectivity index is 2.29. The van der Waals surface area contributed by atoms with Crippen molar-refractivity contribution >= 4 is 17.7 Å². The molecular weight excluding hydrogens is 244 g/mol. The first-order valence-electron chi connectivity index (χ1n) is 6.04. The Morgan fingerprint density at radius 3 is 2.89 bits per heavy atom. The third kappa shape index (κ3) is 2.45. The zero-order valence-corrected chi connectivity index (χ0v) is 10.8. The Hall–Kier alpha value is -2.30. The molecule has 1 aromatic rings. The second kappa shape index (κ2) is 5.14. The highest BCUT2D eigenvalue weighted by Crippen LogP contribution is 2.29. The normalized spacial score (nSPS) is 13.0. The van der Waals surface area contributed by atoms with Gasteiger partial charge < -0.3 is 10.0 Å². The predicted molar refractivity (Wildman–Crippen MR) is 72.7 cm³/mol. The second-order valence-corrected chi connectivity index (χ2v) is 4.50. The van der Waals surface area contributed by atoms with Crippen LogP contribution in [0.3, 0.4) is 0 Å². The number of hydrogen-bond donors (Lipinski definition) is 1. The van der Waals surface area contributed by atoms with Crippen LogP contribution in [0.4, 0.5) is 10.5 Å². The largest absolute Gasteiger partial charge is 0.478 e. The van der Waals surface area contributed by atoms with Crippen LogP contribution in [0.25, 0.3) is 0 Å². The fourth-order valence-electron chi connectivity index (χ4n) is 2.19. The topological polar surface area (TPSA) is 60.9 Å². The fraction of sp³-hybridized carbons (Fsp3) is 0.286. The van der Waals surface area contributed by atoms with Crippen LogP contribution in [-0.2, 0) is 6.42 Å². The molecule has 0 fully saturated rings. The van der Waals surface area contributed by atoms with E-state index in [9.17, 15) is 9.59 Å². The number of rotatable bonds is 3. The van der Waals surface area contributed by atoms with Gasteiger partial charge in [0.2, 0.25) is 0 Å². The summed E-state index contributed by atoms with van der Waals surface area (Å²) in [4.78, 5) is 26.4. The van der Waals surface area contributed by atoms with E-state index in [1.807, 2.05) is 0 Å². The maximum absolute atomic E-state index is 12.2. The molecule has 1 aliphatic rings. The summed E-state index contributed by atoms with van der Waals surface area (Å²) in [6, 6.07) is 4.77. The van der Waals surface area contributed by atoms with Gasteiger partial charge in [-0.2, -0.15) is 0 Å². The lowest BCUT2D eigenvalue weighted by molar-refractivity contribution is 0.0697. The van der Waals surface area contributed by atoms with E-state index in [1.54, 1.807) is 41.1 Å². The summed E-state index contributed by atoms with van der Waals surface area (Å²) in [7, 11) is 1.70. The molecule has 0 saturated heterocycles.